The Balaban J connectivity index is 1.82. The minimum atomic E-state index is -0.635. The Morgan fingerprint density at radius 2 is 1.46 bits per heavy atom. The number of hydrogen-bond acceptors (Lipinski definition) is 3. The van der Waals surface area contributed by atoms with Crippen LogP contribution >= 0.6 is 0 Å². The zero-order chi connectivity index (χ0) is 20.1. The third-order valence-electron chi connectivity index (χ3n) is 4.26. The predicted octanol–water partition coefficient (Wildman–Crippen LogP) is 3.31. The van der Waals surface area contributed by atoms with E-state index in [4.69, 9.17) is 5.73 Å². The Kier molecular flexibility index (Phi) is 5.50. The molecule has 0 saturated heterocycles. The smallest absolute Gasteiger partial charge is 0.258 e. The fourth-order valence-electron chi connectivity index (χ4n) is 2.76. The summed E-state index contributed by atoms with van der Waals surface area (Å²) < 4.78 is 0. The Hall–Kier alpha value is -3.93. The van der Waals surface area contributed by atoms with Crippen molar-refractivity contribution in [2.75, 3.05) is 17.3 Å². The van der Waals surface area contributed by atoms with Gasteiger partial charge in [-0.05, 0) is 42.5 Å². The summed E-state index contributed by atoms with van der Waals surface area (Å²) >= 11 is 0. The van der Waals surface area contributed by atoms with E-state index in [9.17, 15) is 14.4 Å². The number of primary amides is 1. The van der Waals surface area contributed by atoms with Gasteiger partial charge in [0, 0.05) is 23.9 Å². The SMILES string of the molecule is CN(C(=O)c1cccc(C(=O)Nc2ccccc2C(N)=O)c1)c1ccccc1. The largest absolute Gasteiger partial charge is 0.366 e. The number of carbonyl (C=O) groups is 3. The second-order valence-corrected chi connectivity index (χ2v) is 6.14. The van der Waals surface area contributed by atoms with E-state index >= 15 is 0 Å². The van der Waals surface area contributed by atoms with Gasteiger partial charge in [0.25, 0.3) is 17.7 Å². The van der Waals surface area contributed by atoms with Crippen molar-refractivity contribution >= 4 is 29.1 Å². The lowest BCUT2D eigenvalue weighted by Gasteiger charge is -2.17. The highest BCUT2D eigenvalue weighted by atomic mass is 16.2. The number of nitrogens with two attached hydrogens (primary N) is 1. The van der Waals surface area contributed by atoms with Crippen molar-refractivity contribution in [3.63, 3.8) is 0 Å². The minimum absolute atomic E-state index is 0.215. The average molecular weight is 373 g/mol. The lowest BCUT2D eigenvalue weighted by molar-refractivity contribution is 0.0988. The molecule has 0 unspecified atom stereocenters. The topological polar surface area (TPSA) is 92.5 Å². The van der Waals surface area contributed by atoms with E-state index in [-0.39, 0.29) is 11.5 Å². The molecule has 3 aromatic rings. The normalized spacial score (nSPS) is 10.2. The molecule has 140 valence electrons. The number of para-hydroxylation sites is 2. The van der Waals surface area contributed by atoms with Gasteiger partial charge in [-0.15, -0.1) is 0 Å². The minimum Gasteiger partial charge on any atom is -0.366 e. The second-order valence-electron chi connectivity index (χ2n) is 6.14. The number of rotatable bonds is 5. The molecule has 0 aliphatic heterocycles. The van der Waals surface area contributed by atoms with Gasteiger partial charge in [-0.2, -0.15) is 0 Å². The Bertz CT molecular complexity index is 1030. The zero-order valence-corrected chi connectivity index (χ0v) is 15.3. The predicted molar refractivity (Wildman–Crippen MR) is 109 cm³/mol. The van der Waals surface area contributed by atoms with Crippen molar-refractivity contribution in [3.8, 4) is 0 Å². The average Bonchev–Trinajstić information content (AvgIpc) is 2.73. The molecule has 0 aliphatic carbocycles. The van der Waals surface area contributed by atoms with Gasteiger partial charge < -0.3 is 16.0 Å². The van der Waals surface area contributed by atoms with Crippen LogP contribution < -0.4 is 16.0 Å². The molecule has 3 N–H and O–H groups in total. The summed E-state index contributed by atoms with van der Waals surface area (Å²) in [4.78, 5) is 38.4. The zero-order valence-electron chi connectivity index (χ0n) is 15.3. The van der Waals surface area contributed by atoms with Crippen LogP contribution in [0.15, 0.2) is 78.9 Å². The molecule has 6 nitrogen and oxygen atoms in total. The molecule has 0 spiro atoms. The fourth-order valence-corrected chi connectivity index (χ4v) is 2.76. The molecule has 6 heteroatoms. The lowest BCUT2D eigenvalue weighted by atomic mass is 10.1. The van der Waals surface area contributed by atoms with Crippen molar-refractivity contribution in [2.24, 2.45) is 5.73 Å². The van der Waals surface area contributed by atoms with E-state index in [0.717, 1.165) is 5.69 Å². The highest BCUT2D eigenvalue weighted by molar-refractivity contribution is 6.11. The van der Waals surface area contributed by atoms with Crippen LogP contribution in [0.25, 0.3) is 0 Å². The van der Waals surface area contributed by atoms with Crippen LogP contribution in [-0.2, 0) is 0 Å². The first-order valence-corrected chi connectivity index (χ1v) is 8.60. The van der Waals surface area contributed by atoms with Crippen LogP contribution in [0.3, 0.4) is 0 Å². The standard InChI is InChI=1S/C22H19N3O3/c1-25(17-10-3-2-4-11-17)22(28)16-9-7-8-15(14-16)21(27)24-19-13-6-5-12-18(19)20(23)26/h2-14H,1H3,(H2,23,26)(H,24,27). The summed E-state index contributed by atoms with van der Waals surface area (Å²) in [7, 11) is 1.67. The first-order valence-electron chi connectivity index (χ1n) is 8.60. The number of hydrogen-bond donors (Lipinski definition) is 2. The molecule has 0 saturated carbocycles. The number of anilines is 2. The molecule has 3 amide bonds. The van der Waals surface area contributed by atoms with Crippen LogP contribution in [-0.4, -0.2) is 24.8 Å². The van der Waals surface area contributed by atoms with E-state index in [1.165, 1.54) is 17.0 Å². The van der Waals surface area contributed by atoms with Crippen LogP contribution in [0.4, 0.5) is 11.4 Å². The van der Waals surface area contributed by atoms with Crippen LogP contribution in [0.2, 0.25) is 0 Å². The molecule has 0 aromatic heterocycles. The number of nitrogens with one attached hydrogen (secondary N) is 1. The summed E-state index contributed by atoms with van der Waals surface area (Å²) in [5.41, 5.74) is 7.30. The highest BCUT2D eigenvalue weighted by Crippen LogP contribution is 2.18. The molecule has 0 bridgehead atoms. The molecular weight excluding hydrogens is 354 g/mol. The van der Waals surface area contributed by atoms with Crippen molar-refractivity contribution in [3.05, 3.63) is 95.6 Å². The maximum Gasteiger partial charge on any atom is 0.258 e. The highest BCUT2D eigenvalue weighted by Gasteiger charge is 2.16. The first-order chi connectivity index (χ1) is 13.5. The number of carbonyl (C=O) groups excluding carboxylic acids is 3. The number of nitrogens with zero attached hydrogens (tertiary/aromatic N) is 1. The third-order valence-corrected chi connectivity index (χ3v) is 4.26. The summed E-state index contributed by atoms with van der Waals surface area (Å²) in [6.45, 7) is 0. The fraction of sp³-hybridized carbons (Fsp3) is 0.0455. The third kappa shape index (κ3) is 4.07. The van der Waals surface area contributed by atoms with Crippen molar-refractivity contribution in [1.82, 2.24) is 0 Å². The van der Waals surface area contributed by atoms with E-state index in [0.29, 0.717) is 16.8 Å². The second kappa shape index (κ2) is 8.18. The Morgan fingerprint density at radius 1 is 0.821 bits per heavy atom. The van der Waals surface area contributed by atoms with E-state index in [2.05, 4.69) is 5.32 Å². The van der Waals surface area contributed by atoms with E-state index in [1.807, 2.05) is 30.3 Å². The van der Waals surface area contributed by atoms with Crippen molar-refractivity contribution in [2.45, 2.75) is 0 Å². The van der Waals surface area contributed by atoms with Crippen LogP contribution in [0, 0.1) is 0 Å². The summed E-state index contributed by atoms with van der Waals surface area (Å²) in [6, 6.07) is 22.1. The monoisotopic (exact) mass is 373 g/mol. The number of benzene rings is 3. The van der Waals surface area contributed by atoms with Gasteiger partial charge >= 0.3 is 0 Å². The Labute approximate surface area is 162 Å². The van der Waals surface area contributed by atoms with Gasteiger partial charge in [0.05, 0.1) is 11.3 Å². The quantitative estimate of drug-likeness (QED) is 0.719. The van der Waals surface area contributed by atoms with Gasteiger partial charge in [-0.3, -0.25) is 14.4 Å². The first kappa shape index (κ1) is 18.8. The molecule has 0 aliphatic rings. The Morgan fingerprint density at radius 3 is 2.18 bits per heavy atom. The van der Waals surface area contributed by atoms with Crippen molar-refractivity contribution < 1.29 is 14.4 Å². The maximum absolute atomic E-state index is 12.8. The molecule has 0 heterocycles. The van der Waals surface area contributed by atoms with Crippen LogP contribution in [0.1, 0.15) is 31.1 Å². The molecule has 28 heavy (non-hydrogen) atoms. The number of amides is 3. The lowest BCUT2D eigenvalue weighted by Crippen LogP contribution is -2.26. The van der Waals surface area contributed by atoms with Gasteiger partial charge in [-0.25, -0.2) is 0 Å². The van der Waals surface area contributed by atoms with E-state index < -0.39 is 11.8 Å². The molecule has 0 fully saturated rings. The molecule has 3 rings (SSSR count). The van der Waals surface area contributed by atoms with Gasteiger partial charge in [0.15, 0.2) is 0 Å². The summed E-state index contributed by atoms with van der Waals surface area (Å²) in [6.07, 6.45) is 0. The molecule has 3 aromatic carbocycles. The summed E-state index contributed by atoms with van der Waals surface area (Å²) in [5, 5.41) is 2.67. The van der Waals surface area contributed by atoms with Crippen LogP contribution in [0.5, 0.6) is 0 Å². The molecule has 0 radical (unpaired) electrons. The maximum atomic E-state index is 12.8. The van der Waals surface area contributed by atoms with Crippen molar-refractivity contribution in [1.29, 1.82) is 0 Å². The van der Waals surface area contributed by atoms with Gasteiger partial charge in [0.2, 0.25) is 0 Å². The van der Waals surface area contributed by atoms with Gasteiger partial charge in [-0.1, -0.05) is 36.4 Å². The van der Waals surface area contributed by atoms with Gasteiger partial charge in [0.1, 0.15) is 0 Å². The molecular formula is C22H19N3O3. The summed E-state index contributed by atoms with van der Waals surface area (Å²) in [5.74, 6) is -1.31. The molecule has 0 atom stereocenters. The van der Waals surface area contributed by atoms with E-state index in [1.54, 1.807) is 43.4 Å².